The first kappa shape index (κ1) is 70.8. The number of hydrogen-bond acceptors (Lipinski definition) is 8. The molecule has 552 valence electrons. The first-order valence-electron chi connectivity index (χ1n) is 39.2. The molecule has 0 unspecified atom stereocenters. The van der Waals surface area contributed by atoms with Crippen LogP contribution < -0.4 is 19.6 Å². The Labute approximate surface area is 674 Å². The van der Waals surface area contributed by atoms with E-state index >= 15 is 0 Å². The summed E-state index contributed by atoms with van der Waals surface area (Å²) in [6, 6.07) is 154. The monoisotopic (exact) mass is 1490 g/mol. The maximum absolute atomic E-state index is 4.73. The van der Waals surface area contributed by atoms with Crippen molar-refractivity contribution in [2.45, 2.75) is 13.8 Å². The molecule has 0 atom stereocenters. The average Bonchev–Trinajstić information content (AvgIpc) is 0.804. The van der Waals surface area contributed by atoms with Crippen LogP contribution in [0.1, 0.15) is 11.1 Å². The van der Waals surface area contributed by atoms with E-state index < -0.39 is 0 Å². The molecule has 20 aromatic rings. The van der Waals surface area contributed by atoms with Crippen molar-refractivity contribution >= 4 is 112 Å². The molecule has 0 aliphatic heterocycles. The van der Waals surface area contributed by atoms with Crippen LogP contribution in [0.25, 0.3) is 99.5 Å². The van der Waals surface area contributed by atoms with E-state index in [9.17, 15) is 0 Å². The molecule has 0 radical (unpaired) electrons. The molecular formula is C106H78N10. The summed E-state index contributed by atoms with van der Waals surface area (Å²) in [7, 11) is 0. The molecule has 0 aliphatic rings. The second-order valence-electron chi connectivity index (χ2n) is 28.9. The van der Waals surface area contributed by atoms with Gasteiger partial charge < -0.3 is 19.6 Å². The molecule has 20 rings (SSSR count). The molecule has 2 aromatic heterocycles. The van der Waals surface area contributed by atoms with Gasteiger partial charge in [0.25, 0.3) is 0 Å². The molecule has 18 aromatic carbocycles. The van der Waals surface area contributed by atoms with Crippen LogP contribution in [-0.4, -0.2) is 30.0 Å². The zero-order chi connectivity index (χ0) is 77.7. The lowest BCUT2D eigenvalue weighted by Gasteiger charge is -2.27. The smallest absolute Gasteiger partial charge is 0.113 e. The van der Waals surface area contributed by atoms with Crippen molar-refractivity contribution in [2.24, 2.45) is 0 Å². The Hall–Kier alpha value is -15.5. The number of nitrogens with zero attached hydrogens (tertiary/aromatic N) is 10. The zero-order valence-electron chi connectivity index (χ0n) is 64.0. The van der Waals surface area contributed by atoms with E-state index in [1.165, 1.54) is 66.3 Å². The summed E-state index contributed by atoms with van der Waals surface area (Å²) in [5, 5.41) is 23.8. The van der Waals surface area contributed by atoms with Gasteiger partial charge in [-0.1, -0.05) is 267 Å². The third-order valence-corrected chi connectivity index (χ3v) is 21.5. The van der Waals surface area contributed by atoms with Crippen molar-refractivity contribution in [3.8, 4) is 55.9 Å². The van der Waals surface area contributed by atoms with Crippen molar-refractivity contribution in [1.82, 2.24) is 30.0 Å². The quantitative estimate of drug-likeness (QED) is 0.0841. The summed E-state index contributed by atoms with van der Waals surface area (Å²) in [6.45, 7) is 4.44. The Morgan fingerprint density at radius 3 is 0.784 bits per heavy atom. The van der Waals surface area contributed by atoms with E-state index in [0.717, 1.165) is 113 Å². The number of aromatic nitrogens is 6. The van der Waals surface area contributed by atoms with E-state index in [0.29, 0.717) is 0 Å². The van der Waals surface area contributed by atoms with Crippen LogP contribution in [0.3, 0.4) is 0 Å². The summed E-state index contributed by atoms with van der Waals surface area (Å²) >= 11 is 0. The van der Waals surface area contributed by atoms with Gasteiger partial charge in [-0.25, -0.2) is 0 Å². The summed E-state index contributed by atoms with van der Waals surface area (Å²) in [4.78, 5) is 12.7. The normalized spacial score (nSPS) is 11.2. The van der Waals surface area contributed by atoms with Gasteiger partial charge in [-0.3, -0.25) is 0 Å². The minimum atomic E-state index is 0.863. The fraction of sp³-hybridized carbons (Fsp3) is 0.0189. The Bertz CT molecular complexity index is 6360. The van der Waals surface area contributed by atoms with Gasteiger partial charge >= 0.3 is 0 Å². The number of benzene rings is 18. The molecule has 116 heavy (non-hydrogen) atoms. The predicted molar refractivity (Wildman–Crippen MR) is 483 cm³/mol. The van der Waals surface area contributed by atoms with Crippen molar-refractivity contribution in [3.63, 3.8) is 0 Å². The van der Waals surface area contributed by atoms with Crippen LogP contribution >= 0.6 is 0 Å². The SMILES string of the molecule is Cc1cc(N(c2ccccc2)c2cccc3ccccc23)ccc1-c1ccc(-c2ccc(N(c3ccccc3)c3cccc4ccccc34)cc2C)cc1.c1ccc(N(c2ccc(-c3ccc(-c4ccc(N(c5ccccc5)c5cccc(-n6nc7ccccc7n6)c5)cc4)cc3)cc2)c2cccc(-n3nc4ccccc4n3)c2)cc1. The second-order valence-corrected chi connectivity index (χ2v) is 28.9. The summed E-state index contributed by atoms with van der Waals surface area (Å²) in [5.74, 6) is 0. The summed E-state index contributed by atoms with van der Waals surface area (Å²) < 4.78 is 0. The molecular weight excluding hydrogens is 1410 g/mol. The Morgan fingerprint density at radius 2 is 0.440 bits per heavy atom. The summed E-state index contributed by atoms with van der Waals surface area (Å²) in [5.41, 5.74) is 30.3. The highest BCUT2D eigenvalue weighted by Crippen LogP contribution is 2.45. The van der Waals surface area contributed by atoms with Crippen molar-refractivity contribution in [3.05, 3.63) is 448 Å². The number of rotatable bonds is 18. The minimum Gasteiger partial charge on any atom is -0.310 e. The van der Waals surface area contributed by atoms with Gasteiger partial charge in [-0.15, -0.1) is 20.4 Å². The number of fused-ring (bicyclic) bond motifs is 4. The molecule has 2 heterocycles. The predicted octanol–water partition coefficient (Wildman–Crippen LogP) is 28.3. The highest BCUT2D eigenvalue weighted by Gasteiger charge is 2.22. The van der Waals surface area contributed by atoms with Gasteiger partial charge in [0.2, 0.25) is 0 Å². The highest BCUT2D eigenvalue weighted by atomic mass is 15.5. The largest absolute Gasteiger partial charge is 0.310 e. The van der Waals surface area contributed by atoms with E-state index in [4.69, 9.17) is 20.4 Å². The van der Waals surface area contributed by atoms with Crippen molar-refractivity contribution in [1.29, 1.82) is 0 Å². The van der Waals surface area contributed by atoms with Crippen LogP contribution in [0, 0.1) is 13.8 Å². The second kappa shape index (κ2) is 31.7. The van der Waals surface area contributed by atoms with E-state index in [2.05, 4.69) is 397 Å². The maximum atomic E-state index is 4.73. The standard InChI is InChI=1S/C54H38N8.C52H40N2/c1-3-13-43(14-4-1)59(47-17-11-19-49(37-47)61-55-51-21-7-8-22-52(51)56-61)45-33-29-41(30-34-45)39-25-27-40(28-26-39)42-31-35-46(36-32-42)60(44-15-5-2-6-16-44)48-18-12-20-50(38-48)62-57-53-23-9-10-24-54(53)58-62;1-37-35-45(53(43-19-5-3-6-20-43)51-25-13-17-39-15-9-11-23-49(39)51)31-33-47(37)41-27-29-42(30-28-41)48-34-32-46(36-38(48)2)54(44-21-7-4-8-22-44)52-26-14-18-40-16-10-12-24-50(40)52/h1-38H;3-36H,1-2H3. The van der Waals surface area contributed by atoms with Crippen LogP contribution in [0.4, 0.5) is 68.2 Å². The van der Waals surface area contributed by atoms with Crippen LogP contribution in [0.5, 0.6) is 0 Å². The molecule has 0 N–H and O–H groups in total. The Morgan fingerprint density at radius 1 is 0.190 bits per heavy atom. The molecule has 10 heteroatoms. The molecule has 0 fully saturated rings. The van der Waals surface area contributed by atoms with Crippen LogP contribution in [0.2, 0.25) is 0 Å². The first-order valence-corrected chi connectivity index (χ1v) is 39.2. The first-order chi connectivity index (χ1) is 57.3. The zero-order valence-corrected chi connectivity index (χ0v) is 64.0. The third kappa shape index (κ3) is 14.5. The van der Waals surface area contributed by atoms with Gasteiger partial charge in [0.05, 0.1) is 22.7 Å². The van der Waals surface area contributed by atoms with Crippen LogP contribution in [0.15, 0.2) is 437 Å². The Kier molecular flexibility index (Phi) is 19.4. The van der Waals surface area contributed by atoms with Crippen molar-refractivity contribution < 1.29 is 0 Å². The minimum absolute atomic E-state index is 0.863. The molecule has 0 spiro atoms. The van der Waals surface area contributed by atoms with Crippen molar-refractivity contribution in [2.75, 3.05) is 19.6 Å². The lowest BCUT2D eigenvalue weighted by Crippen LogP contribution is -2.10. The number of hydrogen-bond donors (Lipinski definition) is 0. The highest BCUT2D eigenvalue weighted by molar-refractivity contribution is 6.01. The molecule has 0 bridgehead atoms. The summed E-state index contributed by atoms with van der Waals surface area (Å²) in [6.07, 6.45) is 0. The van der Waals surface area contributed by atoms with E-state index in [1.807, 2.05) is 72.8 Å². The number of aryl methyl sites for hydroxylation is 2. The maximum Gasteiger partial charge on any atom is 0.113 e. The Balaban J connectivity index is 0.000000156. The van der Waals surface area contributed by atoms with Gasteiger partial charge in [-0.05, 0) is 250 Å². The molecule has 0 aliphatic carbocycles. The number of para-hydroxylation sites is 4. The molecule has 0 amide bonds. The van der Waals surface area contributed by atoms with Gasteiger partial charge in [0.15, 0.2) is 0 Å². The van der Waals surface area contributed by atoms with E-state index in [1.54, 1.807) is 9.59 Å². The van der Waals surface area contributed by atoms with Gasteiger partial charge in [0, 0.05) is 67.6 Å². The average molecular weight is 1490 g/mol. The molecule has 10 nitrogen and oxygen atoms in total. The fourth-order valence-electron chi connectivity index (χ4n) is 15.8. The van der Waals surface area contributed by atoms with Gasteiger partial charge in [-0.2, -0.15) is 9.59 Å². The van der Waals surface area contributed by atoms with Gasteiger partial charge in [0.1, 0.15) is 22.1 Å². The molecule has 0 saturated heterocycles. The topological polar surface area (TPSA) is 74.4 Å². The fourth-order valence-corrected chi connectivity index (χ4v) is 15.8. The molecule has 0 saturated carbocycles. The van der Waals surface area contributed by atoms with E-state index in [-0.39, 0.29) is 0 Å². The lowest BCUT2D eigenvalue weighted by atomic mass is 9.95. The number of anilines is 12. The lowest BCUT2D eigenvalue weighted by molar-refractivity contribution is 0.765. The third-order valence-electron chi connectivity index (χ3n) is 21.5. The van der Waals surface area contributed by atoms with Crippen LogP contribution in [-0.2, 0) is 0 Å².